The summed E-state index contributed by atoms with van der Waals surface area (Å²) in [5.41, 5.74) is 2.12. The van der Waals surface area contributed by atoms with Crippen LogP contribution < -0.4 is 10.1 Å². The molecule has 2 N–H and O–H groups in total. The predicted octanol–water partition coefficient (Wildman–Crippen LogP) is 4.47. The van der Waals surface area contributed by atoms with Gasteiger partial charge in [0.2, 0.25) is 0 Å². The highest BCUT2D eigenvalue weighted by atomic mass is 19.3. The minimum absolute atomic E-state index is 0.287. The van der Waals surface area contributed by atoms with Gasteiger partial charge in [0.15, 0.2) is 5.82 Å². The average molecular weight is 373 g/mol. The molecule has 2 aromatic carbocycles. The number of H-pyrrole nitrogens is 1. The van der Waals surface area contributed by atoms with Crippen molar-refractivity contribution in [1.82, 2.24) is 15.3 Å². The maximum absolute atomic E-state index is 12.7. The summed E-state index contributed by atoms with van der Waals surface area (Å²) >= 11 is 0. The fraction of sp³-hybridized carbons (Fsp3) is 0.300. The number of halogens is 2. The summed E-state index contributed by atoms with van der Waals surface area (Å²) in [6, 6.07) is 12.2. The number of nitrogens with zero attached hydrogens (tertiary/aromatic N) is 1. The first kappa shape index (κ1) is 18.8. The Kier molecular flexibility index (Phi) is 5.69. The van der Waals surface area contributed by atoms with E-state index in [1.165, 1.54) is 6.07 Å². The molecule has 0 aliphatic heterocycles. The molecule has 0 bridgehead atoms. The van der Waals surface area contributed by atoms with Crippen LogP contribution in [0.2, 0.25) is 0 Å². The van der Waals surface area contributed by atoms with Gasteiger partial charge in [-0.2, -0.15) is 0 Å². The standard InChI is InChI=1S/C20H21F2N3O2/c1-12(2)11-27-15-6-3-13(4-7-15)10-23-20(26)14-5-8-16-17(9-14)25-19(24-16)18(21)22/h3-9,12,18H,10-11H2,1-2H3,(H,23,26)(H,24,25). The molecular weight excluding hydrogens is 352 g/mol. The van der Waals surface area contributed by atoms with E-state index in [9.17, 15) is 13.6 Å². The van der Waals surface area contributed by atoms with Gasteiger partial charge in [0.25, 0.3) is 12.3 Å². The van der Waals surface area contributed by atoms with E-state index in [1.54, 1.807) is 12.1 Å². The lowest BCUT2D eigenvalue weighted by Gasteiger charge is -2.10. The Bertz CT molecular complexity index is 921. The Morgan fingerprint density at radius 2 is 1.93 bits per heavy atom. The molecule has 3 aromatic rings. The van der Waals surface area contributed by atoms with Gasteiger partial charge in [-0.05, 0) is 41.8 Å². The highest BCUT2D eigenvalue weighted by molar-refractivity contribution is 5.97. The Balaban J connectivity index is 1.61. The number of hydrogen-bond donors (Lipinski definition) is 2. The van der Waals surface area contributed by atoms with E-state index in [-0.39, 0.29) is 5.91 Å². The van der Waals surface area contributed by atoms with Gasteiger partial charge in [0, 0.05) is 12.1 Å². The van der Waals surface area contributed by atoms with E-state index in [4.69, 9.17) is 4.74 Å². The number of carbonyl (C=O) groups is 1. The normalized spacial score (nSPS) is 11.3. The number of ether oxygens (including phenoxy) is 1. The molecule has 0 saturated carbocycles. The van der Waals surface area contributed by atoms with Crippen molar-refractivity contribution in [2.45, 2.75) is 26.8 Å². The summed E-state index contributed by atoms with van der Waals surface area (Å²) in [5, 5.41) is 2.82. The Morgan fingerprint density at radius 3 is 2.59 bits per heavy atom. The van der Waals surface area contributed by atoms with E-state index in [0.717, 1.165) is 11.3 Å². The number of fused-ring (bicyclic) bond motifs is 1. The average Bonchev–Trinajstić information content (AvgIpc) is 3.09. The molecule has 1 heterocycles. The summed E-state index contributed by atoms with van der Waals surface area (Å²) < 4.78 is 31.0. The van der Waals surface area contributed by atoms with Crippen LogP contribution in [0.4, 0.5) is 8.78 Å². The van der Waals surface area contributed by atoms with Crippen molar-refractivity contribution < 1.29 is 18.3 Å². The second-order valence-corrected chi connectivity index (χ2v) is 6.69. The summed E-state index contributed by atoms with van der Waals surface area (Å²) in [6.07, 6.45) is -2.68. The van der Waals surface area contributed by atoms with Crippen LogP contribution in [0.15, 0.2) is 42.5 Å². The van der Waals surface area contributed by atoms with Gasteiger partial charge in [0.1, 0.15) is 5.75 Å². The molecule has 7 heteroatoms. The quantitative estimate of drug-likeness (QED) is 0.642. The molecule has 3 rings (SSSR count). The maximum Gasteiger partial charge on any atom is 0.295 e. The van der Waals surface area contributed by atoms with Crippen molar-refractivity contribution in [2.24, 2.45) is 5.92 Å². The van der Waals surface area contributed by atoms with Crippen LogP contribution >= 0.6 is 0 Å². The largest absolute Gasteiger partial charge is 0.493 e. The maximum atomic E-state index is 12.7. The lowest BCUT2D eigenvalue weighted by molar-refractivity contribution is 0.0951. The SMILES string of the molecule is CC(C)COc1ccc(CNC(=O)c2ccc3nc(C(F)F)[nH]c3c2)cc1. The molecule has 142 valence electrons. The molecule has 0 aliphatic rings. The van der Waals surface area contributed by atoms with E-state index in [1.807, 2.05) is 24.3 Å². The van der Waals surface area contributed by atoms with Crippen molar-refractivity contribution in [3.8, 4) is 5.75 Å². The van der Waals surface area contributed by atoms with Crippen LogP contribution in [-0.2, 0) is 6.54 Å². The number of aromatic amines is 1. The van der Waals surface area contributed by atoms with Gasteiger partial charge in [0.05, 0.1) is 17.6 Å². The van der Waals surface area contributed by atoms with Gasteiger partial charge in [-0.3, -0.25) is 4.79 Å². The first-order valence-electron chi connectivity index (χ1n) is 8.70. The van der Waals surface area contributed by atoms with E-state index >= 15 is 0 Å². The third-order valence-corrected chi connectivity index (χ3v) is 3.93. The van der Waals surface area contributed by atoms with Crippen LogP contribution in [-0.4, -0.2) is 22.5 Å². The molecule has 0 aliphatic carbocycles. The van der Waals surface area contributed by atoms with Crippen molar-refractivity contribution in [1.29, 1.82) is 0 Å². The van der Waals surface area contributed by atoms with Gasteiger partial charge >= 0.3 is 0 Å². The Hall–Kier alpha value is -2.96. The monoisotopic (exact) mass is 373 g/mol. The molecule has 1 amide bonds. The smallest absolute Gasteiger partial charge is 0.295 e. The molecule has 5 nitrogen and oxygen atoms in total. The van der Waals surface area contributed by atoms with Crippen LogP contribution in [0.1, 0.15) is 42.0 Å². The van der Waals surface area contributed by atoms with Crippen LogP contribution in [0.3, 0.4) is 0 Å². The molecule has 0 fully saturated rings. The fourth-order valence-electron chi connectivity index (χ4n) is 2.52. The first-order valence-corrected chi connectivity index (χ1v) is 8.70. The summed E-state index contributed by atoms with van der Waals surface area (Å²) in [4.78, 5) is 18.7. The highest BCUT2D eigenvalue weighted by Gasteiger charge is 2.14. The van der Waals surface area contributed by atoms with Gasteiger partial charge in [-0.25, -0.2) is 13.8 Å². The Morgan fingerprint density at radius 1 is 1.19 bits per heavy atom. The lowest BCUT2D eigenvalue weighted by atomic mass is 10.1. The minimum atomic E-state index is -2.68. The van der Waals surface area contributed by atoms with Crippen molar-refractivity contribution >= 4 is 16.9 Å². The third-order valence-electron chi connectivity index (χ3n) is 3.93. The number of imidazole rings is 1. The number of hydrogen-bond acceptors (Lipinski definition) is 3. The zero-order chi connectivity index (χ0) is 19.4. The van der Waals surface area contributed by atoms with Crippen LogP contribution in [0, 0.1) is 5.92 Å². The van der Waals surface area contributed by atoms with Gasteiger partial charge in [-0.15, -0.1) is 0 Å². The molecular formula is C20H21F2N3O2. The van der Waals surface area contributed by atoms with Crippen LogP contribution in [0.5, 0.6) is 5.75 Å². The second kappa shape index (κ2) is 8.16. The number of carbonyl (C=O) groups excluding carboxylic acids is 1. The number of benzene rings is 2. The number of nitrogens with one attached hydrogen (secondary N) is 2. The van der Waals surface area contributed by atoms with Crippen molar-refractivity contribution in [2.75, 3.05) is 6.61 Å². The lowest BCUT2D eigenvalue weighted by Crippen LogP contribution is -2.22. The summed E-state index contributed by atoms with van der Waals surface area (Å²) in [6.45, 7) is 5.17. The first-order chi connectivity index (χ1) is 12.9. The summed E-state index contributed by atoms with van der Waals surface area (Å²) in [5.74, 6) is 0.554. The summed E-state index contributed by atoms with van der Waals surface area (Å²) in [7, 11) is 0. The van der Waals surface area contributed by atoms with E-state index in [2.05, 4.69) is 29.1 Å². The zero-order valence-corrected chi connectivity index (χ0v) is 15.1. The number of rotatable bonds is 7. The minimum Gasteiger partial charge on any atom is -0.493 e. The number of alkyl halides is 2. The molecule has 0 unspecified atom stereocenters. The van der Waals surface area contributed by atoms with Crippen molar-refractivity contribution in [3.05, 3.63) is 59.4 Å². The van der Waals surface area contributed by atoms with Gasteiger partial charge < -0.3 is 15.0 Å². The number of aromatic nitrogens is 2. The van der Waals surface area contributed by atoms with E-state index in [0.29, 0.717) is 35.7 Å². The molecule has 0 radical (unpaired) electrons. The van der Waals surface area contributed by atoms with E-state index < -0.39 is 12.2 Å². The third kappa shape index (κ3) is 4.81. The molecule has 1 aromatic heterocycles. The topological polar surface area (TPSA) is 67.0 Å². The highest BCUT2D eigenvalue weighted by Crippen LogP contribution is 2.20. The van der Waals surface area contributed by atoms with Crippen molar-refractivity contribution in [3.63, 3.8) is 0 Å². The predicted molar refractivity (Wildman–Crippen MR) is 99.0 cm³/mol. The number of amides is 1. The molecule has 0 saturated heterocycles. The molecule has 27 heavy (non-hydrogen) atoms. The zero-order valence-electron chi connectivity index (χ0n) is 15.1. The van der Waals surface area contributed by atoms with Crippen LogP contribution in [0.25, 0.3) is 11.0 Å². The second-order valence-electron chi connectivity index (χ2n) is 6.69. The molecule has 0 atom stereocenters. The van der Waals surface area contributed by atoms with Gasteiger partial charge in [-0.1, -0.05) is 26.0 Å². The fourth-order valence-corrected chi connectivity index (χ4v) is 2.52. The Labute approximate surface area is 155 Å². The molecule has 0 spiro atoms.